The molecule has 1 nitrogen and oxygen atoms in total. The molecule has 0 N–H and O–H groups in total. The summed E-state index contributed by atoms with van der Waals surface area (Å²) in [5.41, 5.74) is 0. The summed E-state index contributed by atoms with van der Waals surface area (Å²) in [6.45, 7) is 0. The molecule has 9 heavy (non-hydrogen) atoms. The van der Waals surface area contributed by atoms with Crippen LogP contribution < -0.4 is 4.57 Å². The van der Waals surface area contributed by atoms with Crippen LogP contribution >= 0.6 is 23.2 Å². The first-order chi connectivity index (χ1) is 4.18. The Balaban J connectivity index is 3.17. The first-order valence-electron chi connectivity index (χ1n) is 2.50. The summed E-state index contributed by atoms with van der Waals surface area (Å²) in [5, 5.41) is 1.31. The molecule has 0 aliphatic carbocycles. The molecule has 0 spiro atoms. The monoisotopic (exact) mass is 162 g/mol. The van der Waals surface area contributed by atoms with Crippen LogP contribution in [0.4, 0.5) is 0 Å². The summed E-state index contributed by atoms with van der Waals surface area (Å²) in [7, 11) is 1.87. The summed E-state index contributed by atoms with van der Waals surface area (Å²) in [6.07, 6.45) is 3.57. The Morgan fingerprint density at radius 3 is 2.00 bits per heavy atom. The maximum absolute atomic E-state index is 5.64. The normalized spacial score (nSPS) is 9.67. The smallest absolute Gasteiger partial charge is 0.187 e. The minimum Gasteiger partial charge on any atom is -0.205 e. The highest BCUT2D eigenvalue weighted by Gasteiger charge is 1.97. The van der Waals surface area contributed by atoms with Gasteiger partial charge in [-0.25, -0.2) is 4.57 Å². The molecule has 1 rings (SSSR count). The lowest BCUT2D eigenvalue weighted by Crippen LogP contribution is -2.26. The van der Waals surface area contributed by atoms with Crippen LogP contribution in [-0.2, 0) is 7.05 Å². The van der Waals surface area contributed by atoms with E-state index in [0.29, 0.717) is 10.0 Å². The lowest BCUT2D eigenvalue weighted by Gasteiger charge is -1.88. The second-order valence-corrected chi connectivity index (χ2v) is 2.71. The van der Waals surface area contributed by atoms with E-state index < -0.39 is 0 Å². The number of pyridine rings is 1. The first kappa shape index (κ1) is 6.84. The number of aromatic nitrogens is 1. The van der Waals surface area contributed by atoms with Crippen LogP contribution in [0.15, 0.2) is 18.5 Å². The van der Waals surface area contributed by atoms with Gasteiger partial charge in [0.2, 0.25) is 0 Å². The van der Waals surface area contributed by atoms with Gasteiger partial charge < -0.3 is 0 Å². The SMILES string of the molecule is C[n+]1cc(Cl)cc(Cl)c1. The highest BCUT2D eigenvalue weighted by atomic mass is 35.5. The zero-order valence-corrected chi connectivity index (χ0v) is 6.45. The van der Waals surface area contributed by atoms with Crippen molar-refractivity contribution in [3.8, 4) is 0 Å². The Hall–Kier alpha value is -0.270. The van der Waals surface area contributed by atoms with Crippen LogP contribution in [0.25, 0.3) is 0 Å². The third-order valence-corrected chi connectivity index (χ3v) is 1.34. The molecule has 48 valence electrons. The van der Waals surface area contributed by atoms with Crippen LogP contribution in [0.3, 0.4) is 0 Å². The van der Waals surface area contributed by atoms with E-state index in [1.807, 2.05) is 11.6 Å². The van der Waals surface area contributed by atoms with Crippen LogP contribution in [0.2, 0.25) is 10.0 Å². The molecule has 0 saturated heterocycles. The predicted molar refractivity (Wildman–Crippen MR) is 37.6 cm³/mol. The molecule has 3 heteroatoms. The Labute approximate surface area is 63.8 Å². The fraction of sp³-hybridized carbons (Fsp3) is 0.167. The van der Waals surface area contributed by atoms with Crippen molar-refractivity contribution in [1.82, 2.24) is 0 Å². The predicted octanol–water partition coefficient (Wildman–Crippen LogP) is 1.82. The highest BCUT2D eigenvalue weighted by molar-refractivity contribution is 6.34. The molecule has 0 aliphatic heterocycles. The van der Waals surface area contributed by atoms with Crippen LogP contribution in [0, 0.1) is 0 Å². The molecule has 0 unspecified atom stereocenters. The summed E-state index contributed by atoms with van der Waals surface area (Å²) in [4.78, 5) is 0. The quantitative estimate of drug-likeness (QED) is 0.513. The second kappa shape index (κ2) is 2.54. The number of hydrogen-bond donors (Lipinski definition) is 0. The summed E-state index contributed by atoms with van der Waals surface area (Å²) in [6, 6.07) is 1.70. The van der Waals surface area contributed by atoms with Crippen molar-refractivity contribution >= 4 is 23.2 Å². The van der Waals surface area contributed by atoms with Crippen molar-refractivity contribution < 1.29 is 4.57 Å². The van der Waals surface area contributed by atoms with Gasteiger partial charge in [0, 0.05) is 0 Å². The van der Waals surface area contributed by atoms with Crippen LogP contribution in [-0.4, -0.2) is 0 Å². The minimum atomic E-state index is 0.657. The summed E-state index contributed by atoms with van der Waals surface area (Å²) < 4.78 is 1.81. The Morgan fingerprint density at radius 1 is 1.22 bits per heavy atom. The zero-order chi connectivity index (χ0) is 6.85. The van der Waals surface area contributed by atoms with E-state index in [0.717, 1.165) is 0 Å². The molecule has 0 aromatic carbocycles. The molecule has 0 aliphatic rings. The van der Waals surface area contributed by atoms with Gasteiger partial charge in [-0.1, -0.05) is 23.2 Å². The van der Waals surface area contributed by atoms with Crippen molar-refractivity contribution in [3.63, 3.8) is 0 Å². The fourth-order valence-electron chi connectivity index (χ4n) is 0.633. The molecule has 0 amide bonds. The van der Waals surface area contributed by atoms with Crippen LogP contribution in [0.5, 0.6) is 0 Å². The van der Waals surface area contributed by atoms with Gasteiger partial charge in [-0.2, -0.15) is 0 Å². The molecular formula is C6H6Cl2N+. The number of halogens is 2. The standard InChI is InChI=1S/C6H6Cl2N/c1-9-3-5(7)2-6(8)4-9/h2-4H,1H3/q+1. The van der Waals surface area contributed by atoms with E-state index in [-0.39, 0.29) is 0 Å². The average Bonchev–Trinajstić information content (AvgIpc) is 1.59. The van der Waals surface area contributed by atoms with Crippen LogP contribution in [0.1, 0.15) is 0 Å². The van der Waals surface area contributed by atoms with Crippen molar-refractivity contribution in [2.24, 2.45) is 7.05 Å². The summed E-state index contributed by atoms with van der Waals surface area (Å²) >= 11 is 11.3. The Kier molecular flexibility index (Phi) is 1.94. The first-order valence-corrected chi connectivity index (χ1v) is 3.25. The number of aryl methyl sites for hydroxylation is 1. The van der Waals surface area contributed by atoms with E-state index in [2.05, 4.69) is 0 Å². The number of nitrogens with zero attached hydrogens (tertiary/aromatic N) is 1. The number of hydrogen-bond acceptors (Lipinski definition) is 0. The van der Waals surface area contributed by atoms with Crippen molar-refractivity contribution in [3.05, 3.63) is 28.5 Å². The third-order valence-electron chi connectivity index (χ3n) is 0.930. The largest absolute Gasteiger partial charge is 0.205 e. The molecule has 1 heterocycles. The summed E-state index contributed by atoms with van der Waals surface area (Å²) in [5.74, 6) is 0. The minimum absolute atomic E-state index is 0.657. The van der Waals surface area contributed by atoms with Gasteiger partial charge >= 0.3 is 0 Å². The molecule has 1 aromatic heterocycles. The fourth-order valence-corrected chi connectivity index (χ4v) is 1.23. The average molecular weight is 163 g/mol. The van der Waals surface area contributed by atoms with Gasteiger partial charge in [0.05, 0.1) is 0 Å². The van der Waals surface area contributed by atoms with Gasteiger partial charge in [0.25, 0.3) is 0 Å². The van der Waals surface area contributed by atoms with E-state index in [1.165, 1.54) is 0 Å². The van der Waals surface area contributed by atoms with Gasteiger partial charge in [-0.15, -0.1) is 0 Å². The van der Waals surface area contributed by atoms with E-state index in [9.17, 15) is 0 Å². The van der Waals surface area contributed by atoms with Crippen molar-refractivity contribution in [1.29, 1.82) is 0 Å². The van der Waals surface area contributed by atoms with Crippen molar-refractivity contribution in [2.75, 3.05) is 0 Å². The van der Waals surface area contributed by atoms with E-state index in [1.54, 1.807) is 18.5 Å². The molecule has 0 atom stereocenters. The van der Waals surface area contributed by atoms with Gasteiger partial charge in [0.15, 0.2) is 12.4 Å². The molecule has 1 aromatic rings. The lowest BCUT2D eigenvalue weighted by atomic mass is 10.5. The third kappa shape index (κ3) is 1.84. The van der Waals surface area contributed by atoms with E-state index >= 15 is 0 Å². The maximum Gasteiger partial charge on any atom is 0.187 e. The molecule has 0 saturated carbocycles. The molecular weight excluding hydrogens is 157 g/mol. The second-order valence-electron chi connectivity index (χ2n) is 1.84. The number of rotatable bonds is 0. The van der Waals surface area contributed by atoms with Gasteiger partial charge in [-0.3, -0.25) is 0 Å². The molecule has 0 radical (unpaired) electrons. The van der Waals surface area contributed by atoms with Gasteiger partial charge in [0.1, 0.15) is 17.1 Å². The lowest BCUT2D eigenvalue weighted by molar-refractivity contribution is -0.671. The Bertz CT molecular complexity index is 172. The topological polar surface area (TPSA) is 3.88 Å². The Morgan fingerprint density at radius 2 is 1.67 bits per heavy atom. The van der Waals surface area contributed by atoms with Crippen molar-refractivity contribution in [2.45, 2.75) is 0 Å². The molecule has 0 bridgehead atoms. The maximum atomic E-state index is 5.64. The van der Waals surface area contributed by atoms with Gasteiger partial charge in [-0.05, 0) is 6.07 Å². The van der Waals surface area contributed by atoms with E-state index in [4.69, 9.17) is 23.2 Å². The molecule has 0 fully saturated rings. The zero-order valence-electron chi connectivity index (χ0n) is 4.94. The highest BCUT2D eigenvalue weighted by Crippen LogP contribution is 2.10.